The molecule has 2 aromatic heterocycles. The maximum Gasteiger partial charge on any atom is 0.213 e. The molecule has 4 aromatic carbocycles. The lowest BCUT2D eigenvalue weighted by Crippen LogP contribution is -2.25. The number of aldehydes is 1. The van der Waals surface area contributed by atoms with E-state index in [9.17, 15) is 15.0 Å². The average Bonchev–Trinajstić information content (AvgIpc) is 3.98. The summed E-state index contributed by atoms with van der Waals surface area (Å²) < 4.78 is 12.1. The Labute approximate surface area is 385 Å². The van der Waals surface area contributed by atoms with Crippen LogP contribution < -0.4 is 24.6 Å². The van der Waals surface area contributed by atoms with Gasteiger partial charge in [-0.3, -0.25) is 4.79 Å². The van der Waals surface area contributed by atoms with Crippen LogP contribution in [0.15, 0.2) is 122 Å². The molecule has 6 aromatic rings. The minimum absolute atomic E-state index is 0. The van der Waals surface area contributed by atoms with E-state index in [0.29, 0.717) is 17.3 Å². The number of halogens is 1. The van der Waals surface area contributed by atoms with Crippen molar-refractivity contribution in [2.75, 3.05) is 64.2 Å². The molecule has 0 aliphatic carbocycles. The molecular formula is C52H63ClN6O5. The lowest BCUT2D eigenvalue weighted by atomic mass is 9.97. The van der Waals surface area contributed by atoms with Gasteiger partial charge in [0.05, 0.1) is 26.3 Å². The van der Waals surface area contributed by atoms with Crippen LogP contribution in [-0.4, -0.2) is 97.9 Å². The molecule has 0 spiro atoms. The number of pyridine rings is 2. The summed E-state index contributed by atoms with van der Waals surface area (Å²) in [5, 5.41) is 22.8. The number of aryl methyl sites for hydroxylation is 2. The maximum atomic E-state index is 11.4. The Bertz CT molecular complexity index is 2380. The van der Waals surface area contributed by atoms with E-state index in [4.69, 9.17) is 9.47 Å². The predicted octanol–water partition coefficient (Wildman–Crippen LogP) is 8.55. The highest BCUT2D eigenvalue weighted by Crippen LogP contribution is 2.34. The van der Waals surface area contributed by atoms with Gasteiger partial charge in [-0.05, 0) is 105 Å². The molecule has 2 saturated heterocycles. The van der Waals surface area contributed by atoms with Crippen LogP contribution in [0.5, 0.6) is 11.8 Å². The number of hydrogen-bond acceptors (Lipinski definition) is 11. The minimum Gasteiger partial charge on any atom is -0.472 e. The third-order valence-corrected chi connectivity index (χ3v) is 11.0. The fourth-order valence-corrected chi connectivity index (χ4v) is 8.00. The summed E-state index contributed by atoms with van der Waals surface area (Å²) in [5.41, 5.74) is 12.2. The van der Waals surface area contributed by atoms with Crippen LogP contribution in [0.4, 0.5) is 11.4 Å². The quantitative estimate of drug-likeness (QED) is 0.0968. The van der Waals surface area contributed by atoms with Crippen LogP contribution >= 0.6 is 12.4 Å². The molecule has 0 radical (unpaired) electrons. The number of ether oxygens (including phenoxy) is 2. The number of aliphatic hydroxyl groups is 2. The first-order valence-electron chi connectivity index (χ1n) is 21.6. The predicted molar refractivity (Wildman–Crippen MR) is 261 cm³/mol. The van der Waals surface area contributed by atoms with Crippen molar-refractivity contribution >= 4 is 30.1 Å². The normalized spacial score (nSPS) is 15.4. The SMILES string of the molecule is CNC.Cc1ccc(O[C@H]2CCN(c3ccc(-c4ccccc4C=O)cc3CO)C2)nc1.Cc1ccc(O[C@H]2CCN(c3ccc(-c4ccccc4CN(C)C)cc3CO)C2)nc1.Cl. The van der Waals surface area contributed by atoms with Crippen LogP contribution in [0.25, 0.3) is 22.3 Å². The van der Waals surface area contributed by atoms with Crippen LogP contribution in [0.1, 0.15) is 51.0 Å². The molecule has 2 atom stereocenters. The van der Waals surface area contributed by atoms with Gasteiger partial charge in [0, 0.05) is 85.1 Å². The minimum atomic E-state index is -0.0615. The fraction of sp³-hybridized carbons (Fsp3) is 0.327. The van der Waals surface area contributed by atoms with E-state index < -0.39 is 0 Å². The standard InChI is InChI=1S/C26H31N3O2.C24H24N2O3.C2H7N.ClH/c1-19-8-11-26(27-15-19)31-23-12-13-29(17-23)25-10-9-20(14-22(25)18-30)24-7-5-4-6-21(24)16-28(2)3;1-17-6-9-24(25-13-17)29-21-10-11-26(14-21)23-8-7-18(12-20(23)16-28)22-5-3-2-4-19(22)15-27;1-3-2;/h4-11,14-15,23,30H,12-13,16-18H2,1-3H3;2-9,12-13,15,21,28H,10-11,14,16H2,1H3;3H,1-2H3;1H/t23-;21-;;/m00../s1. The smallest absolute Gasteiger partial charge is 0.213 e. The Hall–Kier alpha value is -5.82. The monoisotopic (exact) mass is 886 g/mol. The number of carbonyl (C=O) groups excluding carboxylic acids is 1. The molecule has 338 valence electrons. The summed E-state index contributed by atoms with van der Waals surface area (Å²) in [7, 11) is 7.91. The van der Waals surface area contributed by atoms with Crippen molar-refractivity contribution in [2.24, 2.45) is 0 Å². The Morgan fingerprint density at radius 3 is 1.59 bits per heavy atom. The zero-order chi connectivity index (χ0) is 44.7. The van der Waals surface area contributed by atoms with E-state index in [-0.39, 0.29) is 37.8 Å². The molecule has 2 aliphatic rings. The highest BCUT2D eigenvalue weighted by Gasteiger charge is 2.28. The van der Waals surface area contributed by atoms with Gasteiger partial charge in [-0.1, -0.05) is 72.8 Å². The van der Waals surface area contributed by atoms with E-state index in [1.54, 1.807) is 6.07 Å². The second-order valence-electron chi connectivity index (χ2n) is 16.4. The molecule has 0 amide bonds. The molecule has 3 N–H and O–H groups in total. The Morgan fingerprint density at radius 1 is 0.672 bits per heavy atom. The molecule has 8 rings (SSSR count). The summed E-state index contributed by atoms with van der Waals surface area (Å²) in [6, 6.07) is 36.2. The van der Waals surface area contributed by atoms with Crippen molar-refractivity contribution in [1.82, 2.24) is 20.2 Å². The third-order valence-electron chi connectivity index (χ3n) is 11.0. The van der Waals surface area contributed by atoms with Gasteiger partial charge in [0.15, 0.2) is 6.29 Å². The number of benzene rings is 4. The Kier molecular flexibility index (Phi) is 18.7. The van der Waals surface area contributed by atoms with Crippen molar-refractivity contribution in [3.05, 3.63) is 155 Å². The van der Waals surface area contributed by atoms with Gasteiger partial charge < -0.3 is 39.7 Å². The molecule has 2 aliphatic heterocycles. The highest BCUT2D eigenvalue weighted by atomic mass is 35.5. The topological polar surface area (TPSA) is 124 Å². The maximum absolute atomic E-state index is 11.4. The number of aromatic nitrogens is 2. The van der Waals surface area contributed by atoms with E-state index in [2.05, 4.69) is 86.5 Å². The highest BCUT2D eigenvalue weighted by molar-refractivity contribution is 5.88. The number of nitrogens with zero attached hydrogens (tertiary/aromatic N) is 5. The van der Waals surface area contributed by atoms with Crippen molar-refractivity contribution in [2.45, 2.75) is 58.7 Å². The van der Waals surface area contributed by atoms with Gasteiger partial charge in [-0.15, -0.1) is 12.4 Å². The second-order valence-corrected chi connectivity index (χ2v) is 16.4. The zero-order valence-electron chi connectivity index (χ0n) is 37.9. The summed E-state index contributed by atoms with van der Waals surface area (Å²) >= 11 is 0. The van der Waals surface area contributed by atoms with Gasteiger partial charge in [-0.2, -0.15) is 0 Å². The molecule has 0 unspecified atom stereocenters. The van der Waals surface area contributed by atoms with Crippen molar-refractivity contribution in [3.63, 3.8) is 0 Å². The molecule has 12 heteroatoms. The van der Waals surface area contributed by atoms with Crippen LogP contribution in [0.3, 0.4) is 0 Å². The number of aliphatic hydroxyl groups excluding tert-OH is 2. The lowest BCUT2D eigenvalue weighted by molar-refractivity contribution is 0.112. The molecule has 4 heterocycles. The fourth-order valence-electron chi connectivity index (χ4n) is 8.00. The Morgan fingerprint density at radius 2 is 1.14 bits per heavy atom. The van der Waals surface area contributed by atoms with Crippen molar-refractivity contribution in [1.29, 1.82) is 0 Å². The van der Waals surface area contributed by atoms with E-state index in [1.165, 1.54) is 11.1 Å². The average molecular weight is 888 g/mol. The van der Waals surface area contributed by atoms with Gasteiger partial charge in [0.25, 0.3) is 0 Å². The number of carbonyl (C=O) groups is 1. The van der Waals surface area contributed by atoms with Gasteiger partial charge >= 0.3 is 0 Å². The summed E-state index contributed by atoms with van der Waals surface area (Å²) in [6.07, 6.45) is 6.50. The second kappa shape index (κ2) is 24.3. The number of rotatable bonds is 13. The molecule has 11 nitrogen and oxygen atoms in total. The van der Waals surface area contributed by atoms with Crippen molar-refractivity contribution < 1.29 is 24.5 Å². The van der Waals surface area contributed by atoms with Gasteiger partial charge in [-0.25, -0.2) is 9.97 Å². The van der Waals surface area contributed by atoms with E-state index in [0.717, 1.165) is 102 Å². The third kappa shape index (κ3) is 13.1. The zero-order valence-corrected chi connectivity index (χ0v) is 38.7. The van der Waals surface area contributed by atoms with E-state index >= 15 is 0 Å². The van der Waals surface area contributed by atoms with Gasteiger partial charge in [0.2, 0.25) is 11.8 Å². The Balaban J connectivity index is 0.000000224. The molecule has 0 saturated carbocycles. The summed E-state index contributed by atoms with van der Waals surface area (Å²) in [6.45, 7) is 8.15. The largest absolute Gasteiger partial charge is 0.472 e. The van der Waals surface area contributed by atoms with Crippen LogP contribution in [0.2, 0.25) is 0 Å². The molecule has 2 fully saturated rings. The summed E-state index contributed by atoms with van der Waals surface area (Å²) in [5.74, 6) is 1.32. The summed E-state index contributed by atoms with van der Waals surface area (Å²) in [4.78, 5) is 26.8. The van der Waals surface area contributed by atoms with Gasteiger partial charge in [0.1, 0.15) is 12.2 Å². The molecule has 0 bridgehead atoms. The lowest BCUT2D eigenvalue weighted by Gasteiger charge is -2.23. The first kappa shape index (κ1) is 49.2. The molecular weight excluding hydrogens is 824 g/mol. The van der Waals surface area contributed by atoms with Crippen LogP contribution in [-0.2, 0) is 19.8 Å². The number of nitrogens with one attached hydrogen (secondary N) is 1. The van der Waals surface area contributed by atoms with E-state index in [1.807, 2.05) is 101 Å². The first-order valence-corrected chi connectivity index (χ1v) is 21.6. The number of anilines is 2. The first-order chi connectivity index (χ1) is 30.6. The molecule has 64 heavy (non-hydrogen) atoms. The van der Waals surface area contributed by atoms with Crippen LogP contribution in [0, 0.1) is 13.8 Å². The van der Waals surface area contributed by atoms with Crippen molar-refractivity contribution in [3.8, 4) is 34.0 Å². The number of hydrogen-bond donors (Lipinski definition) is 3.